The zero-order chi connectivity index (χ0) is 13.0. The van der Waals surface area contributed by atoms with Gasteiger partial charge in [-0.3, -0.25) is 0 Å². The summed E-state index contributed by atoms with van der Waals surface area (Å²) in [6.45, 7) is 0. The van der Waals surface area contributed by atoms with Crippen molar-refractivity contribution >= 4 is 10.0 Å². The van der Waals surface area contributed by atoms with Gasteiger partial charge in [-0.1, -0.05) is 19.3 Å². The Morgan fingerprint density at radius 3 is 2.11 bits per heavy atom. The monoisotopic (exact) mass is 274 g/mol. The molecule has 0 unspecified atom stereocenters. The summed E-state index contributed by atoms with van der Waals surface area (Å²) in [5.74, 6) is 0.991. The van der Waals surface area contributed by atoms with Crippen LogP contribution in [0.2, 0.25) is 0 Å². The van der Waals surface area contributed by atoms with Gasteiger partial charge in [0, 0.05) is 12.1 Å². The highest BCUT2D eigenvalue weighted by Crippen LogP contribution is 2.29. The molecule has 18 heavy (non-hydrogen) atoms. The average Bonchev–Trinajstić information content (AvgIpc) is 2.27. The van der Waals surface area contributed by atoms with Crippen molar-refractivity contribution in [2.24, 2.45) is 5.92 Å². The fourth-order valence-electron chi connectivity index (χ4n) is 2.92. The third-order valence-corrected chi connectivity index (χ3v) is 5.97. The summed E-state index contributed by atoms with van der Waals surface area (Å²) in [5, 5.41) is 3.27. The van der Waals surface area contributed by atoms with Gasteiger partial charge in [-0.15, -0.1) is 0 Å². The van der Waals surface area contributed by atoms with Crippen LogP contribution in [-0.2, 0) is 10.0 Å². The van der Waals surface area contributed by atoms with Crippen molar-refractivity contribution in [2.45, 2.75) is 63.5 Å². The van der Waals surface area contributed by atoms with E-state index in [2.05, 4.69) is 10.0 Å². The minimum absolute atomic E-state index is 0.168. The highest BCUT2D eigenvalue weighted by atomic mass is 32.2. The van der Waals surface area contributed by atoms with Crippen molar-refractivity contribution in [2.75, 3.05) is 12.8 Å². The largest absolute Gasteiger partial charge is 0.317 e. The molecule has 2 saturated carbocycles. The van der Waals surface area contributed by atoms with E-state index in [9.17, 15) is 8.42 Å². The number of nitrogens with one attached hydrogen (secondary N) is 2. The van der Waals surface area contributed by atoms with Gasteiger partial charge in [0.25, 0.3) is 0 Å². The maximum absolute atomic E-state index is 12.0. The molecule has 0 bridgehead atoms. The quantitative estimate of drug-likeness (QED) is 0.774. The van der Waals surface area contributed by atoms with Crippen molar-refractivity contribution in [3.63, 3.8) is 0 Å². The van der Waals surface area contributed by atoms with Gasteiger partial charge in [0.15, 0.2) is 0 Å². The molecule has 0 aromatic rings. The summed E-state index contributed by atoms with van der Waals surface area (Å²) in [6, 6.07) is 0.738. The first-order valence-electron chi connectivity index (χ1n) is 7.26. The normalized spacial score (nSPS) is 30.1. The lowest BCUT2D eigenvalue weighted by molar-refractivity contribution is 0.306. The summed E-state index contributed by atoms with van der Waals surface area (Å²) in [6.07, 6.45) is 8.67. The Bertz CT molecular complexity index is 344. The van der Waals surface area contributed by atoms with Gasteiger partial charge in [0.05, 0.1) is 5.75 Å². The minimum atomic E-state index is -3.05. The van der Waals surface area contributed by atoms with Crippen molar-refractivity contribution in [3.8, 4) is 0 Å². The predicted octanol–water partition coefficient (Wildman–Crippen LogP) is 1.63. The van der Waals surface area contributed by atoms with Crippen LogP contribution in [0.25, 0.3) is 0 Å². The van der Waals surface area contributed by atoms with E-state index in [1.807, 2.05) is 7.05 Å². The lowest BCUT2D eigenvalue weighted by atomic mass is 9.84. The first kappa shape index (κ1) is 14.3. The van der Waals surface area contributed by atoms with Crippen molar-refractivity contribution in [1.29, 1.82) is 0 Å². The van der Waals surface area contributed by atoms with Gasteiger partial charge < -0.3 is 5.32 Å². The Hall–Kier alpha value is -0.130. The molecule has 2 N–H and O–H groups in total. The summed E-state index contributed by atoms with van der Waals surface area (Å²) in [5.41, 5.74) is 0. The molecule has 0 spiro atoms. The van der Waals surface area contributed by atoms with E-state index in [4.69, 9.17) is 0 Å². The van der Waals surface area contributed by atoms with E-state index in [-0.39, 0.29) is 6.04 Å². The molecular weight excluding hydrogens is 248 g/mol. The van der Waals surface area contributed by atoms with E-state index < -0.39 is 10.0 Å². The van der Waals surface area contributed by atoms with Gasteiger partial charge >= 0.3 is 0 Å². The zero-order valence-corrected chi connectivity index (χ0v) is 12.1. The molecular formula is C13H26N2O2S. The van der Waals surface area contributed by atoms with Crippen molar-refractivity contribution < 1.29 is 8.42 Å². The Kier molecular flexibility index (Phi) is 5.04. The maximum atomic E-state index is 12.0. The molecule has 2 rings (SSSR count). The van der Waals surface area contributed by atoms with Crippen LogP contribution in [0.15, 0.2) is 0 Å². The summed E-state index contributed by atoms with van der Waals surface area (Å²) in [4.78, 5) is 0. The van der Waals surface area contributed by atoms with Crippen LogP contribution < -0.4 is 10.0 Å². The standard InChI is InChI=1S/C13H26N2O2S/c1-14-12-5-7-13(8-6-12)15-18(16,17)10-9-11-3-2-4-11/h11-15H,2-10H2,1H3. The van der Waals surface area contributed by atoms with Crippen molar-refractivity contribution in [1.82, 2.24) is 10.0 Å². The van der Waals surface area contributed by atoms with Gasteiger partial charge in [-0.25, -0.2) is 13.1 Å². The van der Waals surface area contributed by atoms with Crippen LogP contribution in [0, 0.1) is 5.92 Å². The molecule has 5 heteroatoms. The lowest BCUT2D eigenvalue weighted by Crippen LogP contribution is -2.42. The topological polar surface area (TPSA) is 58.2 Å². The van der Waals surface area contributed by atoms with Crippen LogP contribution in [0.1, 0.15) is 51.4 Å². The molecule has 0 atom stereocenters. The molecule has 2 aliphatic rings. The average molecular weight is 274 g/mol. The molecule has 2 aliphatic carbocycles. The lowest BCUT2D eigenvalue weighted by Gasteiger charge is -2.29. The predicted molar refractivity (Wildman–Crippen MR) is 74.0 cm³/mol. The first-order chi connectivity index (χ1) is 8.59. The van der Waals surface area contributed by atoms with E-state index in [1.165, 1.54) is 19.3 Å². The number of hydrogen-bond acceptors (Lipinski definition) is 3. The number of sulfonamides is 1. The summed E-state index contributed by atoms with van der Waals surface area (Å²) in [7, 11) is -1.07. The molecule has 0 radical (unpaired) electrons. The molecule has 0 heterocycles. The molecule has 0 amide bonds. The molecule has 0 aromatic heterocycles. The van der Waals surface area contributed by atoms with Crippen molar-refractivity contribution in [3.05, 3.63) is 0 Å². The van der Waals surface area contributed by atoms with Crippen LogP contribution >= 0.6 is 0 Å². The maximum Gasteiger partial charge on any atom is 0.211 e. The second kappa shape index (κ2) is 6.35. The second-order valence-electron chi connectivity index (χ2n) is 5.86. The second-order valence-corrected chi connectivity index (χ2v) is 7.73. The highest BCUT2D eigenvalue weighted by Gasteiger charge is 2.25. The fraction of sp³-hybridized carbons (Fsp3) is 1.00. The molecule has 4 nitrogen and oxygen atoms in total. The Labute approximate surface area is 111 Å². The Morgan fingerprint density at radius 2 is 1.61 bits per heavy atom. The van der Waals surface area contributed by atoms with E-state index in [0.29, 0.717) is 17.7 Å². The molecule has 0 aromatic carbocycles. The van der Waals surface area contributed by atoms with E-state index in [0.717, 1.165) is 32.1 Å². The van der Waals surface area contributed by atoms with E-state index in [1.54, 1.807) is 0 Å². The smallest absolute Gasteiger partial charge is 0.211 e. The molecule has 106 valence electrons. The SMILES string of the molecule is CNC1CCC(NS(=O)(=O)CCC2CCC2)CC1. The van der Waals surface area contributed by atoms with Gasteiger partial charge in [-0.2, -0.15) is 0 Å². The van der Waals surface area contributed by atoms with Crippen LogP contribution in [-0.4, -0.2) is 33.3 Å². The molecule has 2 fully saturated rings. The van der Waals surface area contributed by atoms with Crippen LogP contribution in [0.3, 0.4) is 0 Å². The van der Waals surface area contributed by atoms with Crippen LogP contribution in [0.5, 0.6) is 0 Å². The third-order valence-electron chi connectivity index (χ3n) is 4.50. The fourth-order valence-corrected chi connectivity index (χ4v) is 4.42. The summed E-state index contributed by atoms with van der Waals surface area (Å²) < 4.78 is 26.8. The highest BCUT2D eigenvalue weighted by molar-refractivity contribution is 7.89. The summed E-state index contributed by atoms with van der Waals surface area (Å²) >= 11 is 0. The van der Waals surface area contributed by atoms with E-state index >= 15 is 0 Å². The van der Waals surface area contributed by atoms with Gasteiger partial charge in [0.1, 0.15) is 0 Å². The zero-order valence-electron chi connectivity index (χ0n) is 11.3. The minimum Gasteiger partial charge on any atom is -0.317 e. The first-order valence-corrected chi connectivity index (χ1v) is 8.91. The third kappa shape index (κ3) is 4.21. The number of hydrogen-bond donors (Lipinski definition) is 2. The number of rotatable bonds is 6. The molecule has 0 aliphatic heterocycles. The van der Waals surface area contributed by atoms with Crippen LogP contribution in [0.4, 0.5) is 0 Å². The van der Waals surface area contributed by atoms with Gasteiger partial charge in [0.2, 0.25) is 10.0 Å². The Balaban J connectivity index is 1.70. The molecule has 0 saturated heterocycles. The Morgan fingerprint density at radius 1 is 1.00 bits per heavy atom. The van der Waals surface area contributed by atoms with Gasteiger partial charge in [-0.05, 0) is 45.1 Å².